The second-order valence-corrected chi connectivity index (χ2v) is 5.39. The van der Waals surface area contributed by atoms with Crippen LogP contribution in [0.1, 0.15) is 0 Å². The summed E-state index contributed by atoms with van der Waals surface area (Å²) >= 11 is 0. The van der Waals surface area contributed by atoms with Crippen LogP contribution in [0.15, 0.2) is 24.3 Å². The highest BCUT2D eigenvalue weighted by molar-refractivity contribution is 5.97. The Morgan fingerprint density at radius 2 is 1.88 bits per heavy atom. The van der Waals surface area contributed by atoms with Gasteiger partial charge in [-0.25, -0.2) is 4.79 Å². The van der Waals surface area contributed by atoms with Crippen LogP contribution in [0.5, 0.6) is 0 Å². The lowest BCUT2D eigenvalue weighted by atomic mass is 10.2. The van der Waals surface area contributed by atoms with Gasteiger partial charge in [0.1, 0.15) is 6.10 Å². The normalized spacial score (nSPS) is 23.6. The minimum absolute atomic E-state index is 0.0998. The smallest absolute Gasteiger partial charge is 0.414 e. The summed E-state index contributed by atoms with van der Waals surface area (Å²) in [4.78, 5) is 41.4. The molecule has 1 aromatic rings. The van der Waals surface area contributed by atoms with E-state index in [1.165, 1.54) is 9.80 Å². The zero-order valence-corrected chi connectivity index (χ0v) is 13.1. The first-order valence-electron chi connectivity index (χ1n) is 7.52. The molecule has 2 amide bonds. The van der Waals surface area contributed by atoms with Gasteiger partial charge >= 0.3 is 6.09 Å². The molecule has 0 spiro atoms. The van der Waals surface area contributed by atoms with E-state index in [1.807, 2.05) is 0 Å². The van der Waals surface area contributed by atoms with Gasteiger partial charge in [0.15, 0.2) is 0 Å². The van der Waals surface area contributed by atoms with E-state index < -0.39 is 23.4 Å². The second kappa shape index (κ2) is 6.91. The van der Waals surface area contributed by atoms with Crippen LogP contribution in [-0.2, 0) is 19.1 Å². The largest absolute Gasteiger partial charge is 0.443 e. The van der Waals surface area contributed by atoms with E-state index in [0.29, 0.717) is 17.9 Å². The molecule has 134 valence electrons. The number of cyclic esters (lactones) is 1. The van der Waals surface area contributed by atoms with Gasteiger partial charge in [0, 0.05) is 24.5 Å². The van der Waals surface area contributed by atoms with Crippen LogP contribution in [0.4, 0.5) is 16.2 Å². The predicted octanol–water partition coefficient (Wildman–Crippen LogP) is -0.132. The van der Waals surface area contributed by atoms with Gasteiger partial charge in [0.25, 0.3) is 17.3 Å². The minimum Gasteiger partial charge on any atom is -0.443 e. The fourth-order valence-corrected chi connectivity index (χ4v) is 2.64. The Labute approximate surface area is 141 Å². The van der Waals surface area contributed by atoms with Gasteiger partial charge in [0.05, 0.1) is 13.2 Å². The van der Waals surface area contributed by atoms with Crippen molar-refractivity contribution in [2.45, 2.75) is 12.4 Å². The number of carbonyl (C=O) groups is 2. The number of hydrogen-bond acceptors (Lipinski definition) is 8. The third kappa shape index (κ3) is 3.46. The van der Waals surface area contributed by atoms with Gasteiger partial charge in [-0.15, -0.1) is 10.1 Å². The lowest BCUT2D eigenvalue weighted by Gasteiger charge is -2.31. The van der Waals surface area contributed by atoms with Crippen molar-refractivity contribution in [3.63, 3.8) is 0 Å². The molecule has 2 aliphatic rings. The Morgan fingerprint density at radius 3 is 2.44 bits per heavy atom. The molecule has 3 rings (SSSR count). The maximum absolute atomic E-state index is 12.2. The van der Waals surface area contributed by atoms with Crippen LogP contribution < -0.4 is 15.5 Å². The first-order chi connectivity index (χ1) is 12.0. The van der Waals surface area contributed by atoms with Crippen molar-refractivity contribution < 1.29 is 29.0 Å². The van der Waals surface area contributed by atoms with E-state index >= 15 is 0 Å². The third-order valence-corrected chi connectivity index (χ3v) is 3.84. The molecular weight excluding hydrogens is 336 g/mol. The van der Waals surface area contributed by atoms with E-state index in [0.717, 1.165) is 0 Å². The van der Waals surface area contributed by atoms with Gasteiger partial charge in [-0.05, 0) is 24.3 Å². The van der Waals surface area contributed by atoms with Gasteiger partial charge in [-0.2, -0.15) is 0 Å². The Bertz CT molecular complexity index is 680. The molecule has 1 unspecified atom stereocenters. The number of hydrogen-bond donors (Lipinski definition) is 1. The molecule has 11 nitrogen and oxygen atoms in total. The summed E-state index contributed by atoms with van der Waals surface area (Å²) in [7, 11) is 0. The van der Waals surface area contributed by atoms with Crippen molar-refractivity contribution >= 4 is 23.4 Å². The maximum Gasteiger partial charge on any atom is 0.414 e. The Hall–Kier alpha value is -2.92. The zero-order chi connectivity index (χ0) is 18.0. The molecule has 0 radical (unpaired) electrons. The number of nitrogens with zero attached hydrogens (tertiary/aromatic N) is 3. The van der Waals surface area contributed by atoms with Crippen molar-refractivity contribution in [3.8, 4) is 0 Å². The van der Waals surface area contributed by atoms with Crippen LogP contribution in [0.3, 0.4) is 0 Å². The van der Waals surface area contributed by atoms with Crippen LogP contribution in [0, 0.1) is 10.1 Å². The second-order valence-electron chi connectivity index (χ2n) is 5.39. The average molecular weight is 352 g/mol. The van der Waals surface area contributed by atoms with Crippen molar-refractivity contribution in [2.75, 3.05) is 36.0 Å². The molecule has 25 heavy (non-hydrogen) atoms. The highest BCUT2D eigenvalue weighted by atomic mass is 17.0. The summed E-state index contributed by atoms with van der Waals surface area (Å²) in [5.41, 5.74) is 6.61. The topological polar surface area (TPSA) is 137 Å². The van der Waals surface area contributed by atoms with Crippen LogP contribution >= 0.6 is 0 Å². The first-order valence-corrected chi connectivity index (χ1v) is 7.52. The number of ether oxygens (including phenoxy) is 2. The molecule has 2 fully saturated rings. The molecule has 2 heterocycles. The number of benzene rings is 1. The van der Waals surface area contributed by atoms with Crippen molar-refractivity contribution in [1.82, 2.24) is 0 Å². The summed E-state index contributed by atoms with van der Waals surface area (Å²) in [6, 6.07) is 6.57. The van der Waals surface area contributed by atoms with E-state index in [4.69, 9.17) is 15.2 Å². The quantitative estimate of drug-likeness (QED) is 0.571. The summed E-state index contributed by atoms with van der Waals surface area (Å²) in [6.07, 6.45) is -2.42. The SMILES string of the molecule is NC[C@H]1CN(c2ccc(N3CCOC(O[N+](=O)[O-])C3=O)cc2)C(=O)O1. The van der Waals surface area contributed by atoms with Crippen molar-refractivity contribution in [3.05, 3.63) is 34.4 Å². The fourth-order valence-electron chi connectivity index (χ4n) is 2.64. The molecule has 11 heteroatoms. The van der Waals surface area contributed by atoms with Crippen molar-refractivity contribution in [2.24, 2.45) is 5.73 Å². The van der Waals surface area contributed by atoms with Gasteiger partial charge in [-0.1, -0.05) is 0 Å². The molecule has 2 N–H and O–H groups in total. The van der Waals surface area contributed by atoms with Crippen LogP contribution in [0.2, 0.25) is 0 Å². The number of carbonyl (C=O) groups excluding carboxylic acids is 2. The van der Waals surface area contributed by atoms with E-state index in [-0.39, 0.29) is 25.8 Å². The molecule has 2 aliphatic heterocycles. The molecule has 0 aromatic heterocycles. The van der Waals surface area contributed by atoms with E-state index in [2.05, 4.69) is 4.84 Å². The fraction of sp³-hybridized carbons (Fsp3) is 0.429. The lowest BCUT2D eigenvalue weighted by Crippen LogP contribution is -2.49. The predicted molar refractivity (Wildman–Crippen MR) is 83.3 cm³/mol. The lowest BCUT2D eigenvalue weighted by molar-refractivity contribution is -0.775. The van der Waals surface area contributed by atoms with Crippen LogP contribution in [0.25, 0.3) is 0 Å². The summed E-state index contributed by atoms with van der Waals surface area (Å²) < 4.78 is 10.1. The monoisotopic (exact) mass is 352 g/mol. The number of anilines is 2. The van der Waals surface area contributed by atoms with Crippen LogP contribution in [-0.4, -0.2) is 55.7 Å². The van der Waals surface area contributed by atoms with Gasteiger partial charge in [0.2, 0.25) is 0 Å². The average Bonchev–Trinajstić information content (AvgIpc) is 2.98. The maximum atomic E-state index is 12.2. The molecule has 0 aliphatic carbocycles. The summed E-state index contributed by atoms with van der Waals surface area (Å²) in [5.74, 6) is -0.667. The molecule has 2 atom stereocenters. The molecule has 0 bridgehead atoms. The highest BCUT2D eigenvalue weighted by Crippen LogP contribution is 2.26. The Balaban J connectivity index is 1.73. The minimum atomic E-state index is -1.58. The van der Waals surface area contributed by atoms with E-state index in [1.54, 1.807) is 24.3 Å². The Morgan fingerprint density at radius 1 is 1.24 bits per heavy atom. The number of nitrogens with two attached hydrogens (primary N) is 1. The molecule has 0 saturated carbocycles. The Kier molecular flexibility index (Phi) is 4.67. The summed E-state index contributed by atoms with van der Waals surface area (Å²) in [6.45, 7) is 0.920. The van der Waals surface area contributed by atoms with Gasteiger partial charge < -0.3 is 20.1 Å². The molecular formula is C14H16N4O7. The zero-order valence-electron chi connectivity index (χ0n) is 13.1. The number of morpholine rings is 1. The molecule has 2 saturated heterocycles. The third-order valence-electron chi connectivity index (χ3n) is 3.84. The first kappa shape index (κ1) is 16.9. The standard InChI is InChI=1S/C14H16N4O7/c15-7-11-8-17(14(20)24-11)10-3-1-9(2-4-10)16-5-6-23-13(12(16)19)25-18(21)22/h1-4,11,13H,5-8,15H2/t11-,13?/m0/s1. The molecule has 1 aromatic carbocycles. The van der Waals surface area contributed by atoms with E-state index in [9.17, 15) is 19.7 Å². The summed E-state index contributed by atoms with van der Waals surface area (Å²) in [5, 5.41) is 9.34. The number of amides is 2. The number of rotatable bonds is 5. The van der Waals surface area contributed by atoms with Crippen molar-refractivity contribution in [1.29, 1.82) is 0 Å². The highest BCUT2D eigenvalue weighted by Gasteiger charge is 2.34. The van der Waals surface area contributed by atoms with Gasteiger partial charge in [-0.3, -0.25) is 14.5 Å².